The lowest BCUT2D eigenvalue weighted by Gasteiger charge is -2.27. The zero-order valence-electron chi connectivity index (χ0n) is 12.4. The summed E-state index contributed by atoms with van der Waals surface area (Å²) in [4.78, 5) is 17.2. The lowest BCUT2D eigenvalue weighted by atomic mass is 10.2. The first-order valence-corrected chi connectivity index (χ1v) is 10.4. The van der Waals surface area contributed by atoms with E-state index < -0.39 is 0 Å². The third-order valence-electron chi connectivity index (χ3n) is 3.63. The molecule has 118 valence electrons. The number of thioether (sulfide) groups is 1. The van der Waals surface area contributed by atoms with E-state index in [1.165, 1.54) is 9.75 Å². The van der Waals surface area contributed by atoms with E-state index in [4.69, 9.17) is 0 Å². The fraction of sp³-hybridized carbons (Fsp3) is 0.438. The summed E-state index contributed by atoms with van der Waals surface area (Å²) in [6.07, 6.45) is 0.601. The molecule has 0 aromatic carbocycles. The van der Waals surface area contributed by atoms with Crippen LogP contribution in [0.2, 0.25) is 0 Å². The first kappa shape index (κ1) is 16.1. The normalized spacial score (nSPS) is 18.3. The predicted molar refractivity (Wildman–Crippen MR) is 96.6 cm³/mol. The number of thiophene rings is 2. The summed E-state index contributed by atoms with van der Waals surface area (Å²) in [5, 5.41) is 7.60. The number of amides is 1. The summed E-state index contributed by atoms with van der Waals surface area (Å²) in [5.41, 5.74) is 0. The molecule has 2 aromatic heterocycles. The Morgan fingerprint density at radius 3 is 2.36 bits per heavy atom. The van der Waals surface area contributed by atoms with Crippen molar-refractivity contribution in [2.24, 2.45) is 0 Å². The van der Waals surface area contributed by atoms with Crippen LogP contribution < -0.4 is 5.32 Å². The van der Waals surface area contributed by atoms with E-state index in [0.717, 1.165) is 18.1 Å². The molecule has 1 unspecified atom stereocenters. The van der Waals surface area contributed by atoms with Crippen molar-refractivity contribution in [1.29, 1.82) is 0 Å². The molecule has 0 aliphatic carbocycles. The topological polar surface area (TPSA) is 32.3 Å². The van der Waals surface area contributed by atoms with Crippen LogP contribution in [0.15, 0.2) is 35.0 Å². The van der Waals surface area contributed by atoms with Gasteiger partial charge in [-0.3, -0.25) is 4.79 Å². The van der Waals surface area contributed by atoms with Crippen molar-refractivity contribution in [1.82, 2.24) is 10.2 Å². The fourth-order valence-electron chi connectivity index (χ4n) is 2.50. The molecule has 3 nitrogen and oxygen atoms in total. The van der Waals surface area contributed by atoms with E-state index >= 15 is 0 Å². The average Bonchev–Trinajstić information content (AvgIpc) is 3.21. The molecular weight excluding hydrogens is 332 g/mol. The van der Waals surface area contributed by atoms with Crippen LogP contribution in [0, 0.1) is 0 Å². The smallest absolute Gasteiger partial charge is 0.224 e. The number of nitrogens with zero attached hydrogens (tertiary/aromatic N) is 1. The molecule has 3 heterocycles. The second-order valence-electron chi connectivity index (χ2n) is 5.34. The Morgan fingerprint density at radius 1 is 1.18 bits per heavy atom. The van der Waals surface area contributed by atoms with E-state index in [1.54, 1.807) is 22.7 Å². The van der Waals surface area contributed by atoms with Crippen LogP contribution in [0.3, 0.4) is 0 Å². The van der Waals surface area contributed by atoms with Crippen molar-refractivity contribution in [2.45, 2.75) is 25.6 Å². The maximum Gasteiger partial charge on any atom is 0.224 e. The molecule has 1 fully saturated rings. The molecule has 6 heteroatoms. The fourth-order valence-corrected chi connectivity index (χ4v) is 4.89. The van der Waals surface area contributed by atoms with Crippen molar-refractivity contribution in [3.8, 4) is 0 Å². The highest BCUT2D eigenvalue weighted by molar-refractivity contribution is 7.99. The van der Waals surface area contributed by atoms with Gasteiger partial charge in [-0.1, -0.05) is 12.1 Å². The van der Waals surface area contributed by atoms with Gasteiger partial charge in [-0.05, 0) is 22.9 Å². The molecule has 1 aliphatic heterocycles. The molecule has 1 amide bonds. The van der Waals surface area contributed by atoms with E-state index in [1.807, 2.05) is 28.8 Å². The molecular formula is C16H20N2OS3. The van der Waals surface area contributed by atoms with E-state index in [0.29, 0.717) is 25.6 Å². The molecule has 22 heavy (non-hydrogen) atoms. The lowest BCUT2D eigenvalue weighted by Crippen LogP contribution is -2.42. The minimum atomic E-state index is 0.252. The summed E-state index contributed by atoms with van der Waals surface area (Å²) < 4.78 is 0. The first-order valence-electron chi connectivity index (χ1n) is 7.45. The summed E-state index contributed by atoms with van der Waals surface area (Å²) in [6, 6.07) is 8.63. The number of hydrogen-bond donors (Lipinski definition) is 1. The summed E-state index contributed by atoms with van der Waals surface area (Å²) in [5.74, 6) is 2.44. The maximum atomic E-state index is 12.7. The minimum absolute atomic E-state index is 0.252. The molecule has 1 saturated heterocycles. The van der Waals surface area contributed by atoms with Crippen molar-refractivity contribution < 1.29 is 4.79 Å². The lowest BCUT2D eigenvalue weighted by molar-refractivity contribution is -0.132. The van der Waals surface area contributed by atoms with Gasteiger partial charge in [0, 0.05) is 40.3 Å². The second kappa shape index (κ2) is 8.15. The Bertz CT molecular complexity index is 526. The van der Waals surface area contributed by atoms with Crippen molar-refractivity contribution in [3.63, 3.8) is 0 Å². The van der Waals surface area contributed by atoms with Gasteiger partial charge in [0.05, 0.1) is 13.1 Å². The van der Waals surface area contributed by atoms with Gasteiger partial charge in [0.25, 0.3) is 0 Å². The molecule has 0 radical (unpaired) electrons. The van der Waals surface area contributed by atoms with Gasteiger partial charge in [0.1, 0.15) is 0 Å². The third kappa shape index (κ3) is 4.59. The van der Waals surface area contributed by atoms with Crippen LogP contribution in [0.5, 0.6) is 0 Å². The Kier molecular flexibility index (Phi) is 5.95. The van der Waals surface area contributed by atoms with Gasteiger partial charge < -0.3 is 10.2 Å². The molecule has 0 bridgehead atoms. The van der Waals surface area contributed by atoms with Gasteiger partial charge in [-0.25, -0.2) is 0 Å². The summed E-state index contributed by atoms with van der Waals surface area (Å²) >= 11 is 5.37. The third-order valence-corrected chi connectivity index (χ3v) is 6.48. The van der Waals surface area contributed by atoms with E-state index in [2.05, 4.69) is 28.2 Å². The second-order valence-corrected chi connectivity index (χ2v) is 8.55. The van der Waals surface area contributed by atoms with Gasteiger partial charge >= 0.3 is 0 Å². The van der Waals surface area contributed by atoms with Gasteiger partial charge in [-0.15, -0.1) is 22.7 Å². The van der Waals surface area contributed by atoms with Gasteiger partial charge in [0.15, 0.2) is 0 Å². The Morgan fingerprint density at radius 2 is 1.86 bits per heavy atom. The molecule has 1 atom stereocenters. The van der Waals surface area contributed by atoms with Crippen LogP contribution in [0.1, 0.15) is 16.2 Å². The summed E-state index contributed by atoms with van der Waals surface area (Å²) in [7, 11) is 0. The van der Waals surface area contributed by atoms with Gasteiger partial charge in [0.2, 0.25) is 5.91 Å². The molecule has 0 spiro atoms. The molecule has 2 aromatic rings. The Balaban J connectivity index is 1.64. The molecule has 1 N–H and O–H groups in total. The van der Waals surface area contributed by atoms with Crippen molar-refractivity contribution in [2.75, 3.05) is 18.1 Å². The van der Waals surface area contributed by atoms with Crippen LogP contribution in [0.4, 0.5) is 0 Å². The number of nitrogens with one attached hydrogen (secondary N) is 1. The highest BCUT2D eigenvalue weighted by atomic mass is 32.2. The Hall–Kier alpha value is -0.820. The molecule has 0 saturated carbocycles. The zero-order chi connectivity index (χ0) is 15.2. The van der Waals surface area contributed by atoms with Crippen LogP contribution in [-0.4, -0.2) is 34.9 Å². The highest BCUT2D eigenvalue weighted by Crippen LogP contribution is 2.19. The molecule has 1 aliphatic rings. The van der Waals surface area contributed by atoms with E-state index in [9.17, 15) is 4.79 Å². The number of rotatable bonds is 6. The van der Waals surface area contributed by atoms with Gasteiger partial charge in [-0.2, -0.15) is 11.8 Å². The zero-order valence-corrected chi connectivity index (χ0v) is 14.8. The SMILES string of the molecule is O=C(CC1CSCCN1)N(Cc1cccs1)Cc1cccs1. The molecule has 3 rings (SSSR count). The largest absolute Gasteiger partial charge is 0.332 e. The van der Waals surface area contributed by atoms with Crippen LogP contribution >= 0.6 is 34.4 Å². The minimum Gasteiger partial charge on any atom is -0.332 e. The van der Waals surface area contributed by atoms with Crippen LogP contribution in [0.25, 0.3) is 0 Å². The quantitative estimate of drug-likeness (QED) is 0.864. The average molecular weight is 353 g/mol. The maximum absolute atomic E-state index is 12.7. The van der Waals surface area contributed by atoms with E-state index in [-0.39, 0.29) is 5.91 Å². The highest BCUT2D eigenvalue weighted by Gasteiger charge is 2.21. The first-order chi connectivity index (χ1) is 10.8. The standard InChI is InChI=1S/C16H20N2OS3/c19-16(9-13-12-20-8-5-17-13)18(10-14-3-1-6-21-14)11-15-4-2-7-22-15/h1-4,6-7,13,17H,5,8-12H2. The number of hydrogen-bond acceptors (Lipinski definition) is 5. The van der Waals surface area contributed by atoms with Crippen LogP contribution in [-0.2, 0) is 17.9 Å². The number of carbonyl (C=O) groups is 1. The van der Waals surface area contributed by atoms with Crippen molar-refractivity contribution >= 4 is 40.3 Å². The van der Waals surface area contributed by atoms with Crippen molar-refractivity contribution in [3.05, 3.63) is 44.8 Å². The monoisotopic (exact) mass is 352 g/mol. The Labute approximate surface area is 143 Å². The summed E-state index contributed by atoms with van der Waals surface area (Å²) in [6.45, 7) is 2.45. The number of carbonyl (C=O) groups excluding carboxylic acids is 1. The predicted octanol–water partition coefficient (Wildman–Crippen LogP) is 3.43.